The second-order valence-electron chi connectivity index (χ2n) is 5.43. The highest BCUT2D eigenvalue weighted by Gasteiger charge is 2.16. The first-order valence-corrected chi connectivity index (χ1v) is 8.76. The minimum atomic E-state index is -0.546. The van der Waals surface area contributed by atoms with E-state index in [-0.39, 0.29) is 13.0 Å². The summed E-state index contributed by atoms with van der Waals surface area (Å²) in [4.78, 5) is 23.9. The van der Waals surface area contributed by atoms with Gasteiger partial charge in [-0.3, -0.25) is 9.59 Å². The molecule has 1 amide bonds. The number of carbonyl (C=O) groups is 2. The fourth-order valence-corrected chi connectivity index (χ4v) is 2.60. The van der Waals surface area contributed by atoms with Gasteiger partial charge in [0.15, 0.2) is 18.1 Å². The summed E-state index contributed by atoms with van der Waals surface area (Å²) in [5.41, 5.74) is 1.23. The van der Waals surface area contributed by atoms with Crippen molar-refractivity contribution in [3.05, 3.63) is 46.4 Å². The Kier molecular flexibility index (Phi) is 7.48. The van der Waals surface area contributed by atoms with E-state index in [4.69, 9.17) is 18.9 Å². The highest BCUT2D eigenvalue weighted by atomic mass is 79.9. The van der Waals surface area contributed by atoms with Crippen molar-refractivity contribution in [2.24, 2.45) is 0 Å². The van der Waals surface area contributed by atoms with Crippen molar-refractivity contribution in [1.82, 2.24) is 0 Å². The van der Waals surface area contributed by atoms with Gasteiger partial charge in [-0.05, 0) is 42.0 Å². The Balaban J connectivity index is 1.93. The van der Waals surface area contributed by atoms with Crippen molar-refractivity contribution in [3.8, 4) is 17.2 Å². The minimum absolute atomic E-state index is 0.0394. The minimum Gasteiger partial charge on any atom is -0.493 e. The van der Waals surface area contributed by atoms with E-state index >= 15 is 0 Å². The Morgan fingerprint density at radius 3 is 2.07 bits per heavy atom. The van der Waals surface area contributed by atoms with E-state index in [2.05, 4.69) is 21.2 Å². The lowest BCUT2D eigenvalue weighted by Crippen LogP contribution is -2.21. The van der Waals surface area contributed by atoms with E-state index in [1.807, 2.05) is 0 Å². The summed E-state index contributed by atoms with van der Waals surface area (Å²) in [6, 6.07) is 10.4. The van der Waals surface area contributed by atoms with Gasteiger partial charge in [-0.1, -0.05) is 15.9 Å². The predicted octanol–water partition coefficient (Wildman–Crippen LogP) is 3.20. The first kappa shape index (κ1) is 20.6. The molecular weight excluding hydrogens is 418 g/mol. The number of nitrogens with one attached hydrogen (secondary N) is 1. The smallest absolute Gasteiger partial charge is 0.310 e. The van der Waals surface area contributed by atoms with Crippen molar-refractivity contribution in [2.75, 3.05) is 33.3 Å². The third kappa shape index (κ3) is 5.89. The maximum atomic E-state index is 12.0. The van der Waals surface area contributed by atoms with Crippen LogP contribution in [0.5, 0.6) is 17.2 Å². The molecule has 0 aromatic heterocycles. The van der Waals surface area contributed by atoms with Crippen LogP contribution in [0.25, 0.3) is 0 Å². The summed E-state index contributed by atoms with van der Waals surface area (Å²) >= 11 is 3.31. The quantitative estimate of drug-likeness (QED) is 0.638. The van der Waals surface area contributed by atoms with Gasteiger partial charge < -0.3 is 24.3 Å². The number of amides is 1. The molecule has 0 saturated carbocycles. The fourth-order valence-electron chi connectivity index (χ4n) is 2.33. The Hall–Kier alpha value is -2.74. The summed E-state index contributed by atoms with van der Waals surface area (Å²) in [7, 11) is 4.48. The molecule has 8 heteroatoms. The molecule has 0 saturated heterocycles. The van der Waals surface area contributed by atoms with Crippen LogP contribution < -0.4 is 19.5 Å². The van der Waals surface area contributed by atoms with E-state index in [1.165, 1.54) is 21.3 Å². The lowest BCUT2D eigenvalue weighted by atomic mass is 10.1. The molecule has 0 heterocycles. The zero-order valence-corrected chi connectivity index (χ0v) is 16.8. The molecule has 7 nitrogen and oxygen atoms in total. The monoisotopic (exact) mass is 437 g/mol. The Morgan fingerprint density at radius 1 is 0.963 bits per heavy atom. The van der Waals surface area contributed by atoms with Gasteiger partial charge in [0.05, 0.1) is 27.8 Å². The average Bonchev–Trinajstić information content (AvgIpc) is 2.67. The van der Waals surface area contributed by atoms with Gasteiger partial charge in [-0.15, -0.1) is 0 Å². The normalized spacial score (nSPS) is 10.1. The molecule has 0 unspecified atom stereocenters. The highest BCUT2D eigenvalue weighted by molar-refractivity contribution is 9.10. The molecular formula is C19H20BrNO6. The fraction of sp³-hybridized carbons (Fsp3) is 0.263. The molecule has 0 atom stereocenters. The van der Waals surface area contributed by atoms with Crippen LogP contribution in [0.15, 0.2) is 40.9 Å². The first-order chi connectivity index (χ1) is 13.0. The number of benzene rings is 2. The molecule has 1 N–H and O–H groups in total. The molecule has 0 aliphatic rings. The van der Waals surface area contributed by atoms with E-state index in [0.29, 0.717) is 28.5 Å². The number of hydrogen-bond donors (Lipinski definition) is 1. The maximum Gasteiger partial charge on any atom is 0.310 e. The van der Waals surface area contributed by atoms with Crippen molar-refractivity contribution in [2.45, 2.75) is 6.42 Å². The first-order valence-electron chi connectivity index (χ1n) is 7.96. The van der Waals surface area contributed by atoms with Crippen LogP contribution in [0.1, 0.15) is 5.56 Å². The van der Waals surface area contributed by atoms with Crippen LogP contribution in [0.3, 0.4) is 0 Å². The van der Waals surface area contributed by atoms with Gasteiger partial charge in [0.1, 0.15) is 0 Å². The van der Waals surface area contributed by atoms with Gasteiger partial charge in [-0.25, -0.2) is 0 Å². The molecule has 27 heavy (non-hydrogen) atoms. The summed E-state index contributed by atoms with van der Waals surface area (Å²) in [6.07, 6.45) is -0.0394. The summed E-state index contributed by atoms with van der Waals surface area (Å²) in [5.74, 6) is 0.344. The molecule has 2 aromatic carbocycles. The number of hydrogen-bond acceptors (Lipinski definition) is 6. The largest absolute Gasteiger partial charge is 0.493 e. The Labute approximate surface area is 165 Å². The van der Waals surface area contributed by atoms with E-state index in [0.717, 1.165) is 4.47 Å². The lowest BCUT2D eigenvalue weighted by Gasteiger charge is -2.14. The topological polar surface area (TPSA) is 83.1 Å². The lowest BCUT2D eigenvalue weighted by molar-refractivity contribution is -0.146. The van der Waals surface area contributed by atoms with E-state index < -0.39 is 11.9 Å². The van der Waals surface area contributed by atoms with Crippen molar-refractivity contribution in [1.29, 1.82) is 0 Å². The number of rotatable bonds is 8. The van der Waals surface area contributed by atoms with Gasteiger partial charge in [0.2, 0.25) is 5.75 Å². The number of halogens is 1. The molecule has 0 aliphatic heterocycles. The Morgan fingerprint density at radius 2 is 1.56 bits per heavy atom. The number of carbonyl (C=O) groups excluding carboxylic acids is 2. The van der Waals surface area contributed by atoms with Gasteiger partial charge in [0.25, 0.3) is 5.91 Å². The van der Waals surface area contributed by atoms with Crippen molar-refractivity contribution < 1.29 is 28.5 Å². The SMILES string of the molecule is COc1cc(CC(=O)OCC(=O)Nc2ccc(Br)cc2)cc(OC)c1OC. The number of methoxy groups -OCH3 is 3. The van der Waals surface area contributed by atoms with Gasteiger partial charge in [0, 0.05) is 10.2 Å². The highest BCUT2D eigenvalue weighted by Crippen LogP contribution is 2.38. The molecule has 0 aliphatic carbocycles. The summed E-state index contributed by atoms with van der Waals surface area (Å²) in [6.45, 7) is -0.376. The van der Waals surface area contributed by atoms with Crippen LogP contribution in [-0.2, 0) is 20.7 Å². The second kappa shape index (κ2) is 9.82. The van der Waals surface area contributed by atoms with Crippen LogP contribution in [0.4, 0.5) is 5.69 Å². The van der Waals surface area contributed by atoms with Gasteiger partial charge in [-0.2, -0.15) is 0 Å². The zero-order chi connectivity index (χ0) is 19.8. The van der Waals surface area contributed by atoms with Crippen molar-refractivity contribution >= 4 is 33.5 Å². The third-order valence-electron chi connectivity index (χ3n) is 3.57. The van der Waals surface area contributed by atoms with Crippen LogP contribution in [-0.4, -0.2) is 39.8 Å². The average molecular weight is 438 g/mol. The number of anilines is 1. The number of esters is 1. The van der Waals surface area contributed by atoms with Crippen molar-refractivity contribution in [3.63, 3.8) is 0 Å². The molecule has 144 valence electrons. The molecule has 0 fully saturated rings. The summed E-state index contributed by atoms with van der Waals surface area (Å²) < 4.78 is 21.7. The van der Waals surface area contributed by atoms with Crippen LogP contribution >= 0.6 is 15.9 Å². The van der Waals surface area contributed by atoms with Crippen LogP contribution in [0.2, 0.25) is 0 Å². The molecule has 0 spiro atoms. The van der Waals surface area contributed by atoms with E-state index in [1.54, 1.807) is 36.4 Å². The van der Waals surface area contributed by atoms with Crippen LogP contribution in [0, 0.1) is 0 Å². The Bertz CT molecular complexity index is 781. The van der Waals surface area contributed by atoms with E-state index in [9.17, 15) is 9.59 Å². The predicted molar refractivity (Wildman–Crippen MR) is 104 cm³/mol. The third-order valence-corrected chi connectivity index (χ3v) is 4.09. The van der Waals surface area contributed by atoms with Gasteiger partial charge >= 0.3 is 5.97 Å². The molecule has 0 radical (unpaired) electrons. The maximum absolute atomic E-state index is 12.0. The zero-order valence-electron chi connectivity index (χ0n) is 15.2. The summed E-state index contributed by atoms with van der Waals surface area (Å²) in [5, 5.41) is 2.65. The standard InChI is InChI=1S/C19H20BrNO6/c1-24-15-8-12(9-16(25-2)19(15)26-3)10-18(23)27-11-17(22)21-14-6-4-13(20)5-7-14/h4-9H,10-11H2,1-3H3,(H,21,22). The number of ether oxygens (including phenoxy) is 4. The molecule has 0 bridgehead atoms. The second-order valence-corrected chi connectivity index (χ2v) is 6.34. The molecule has 2 rings (SSSR count). The molecule has 2 aromatic rings.